The number of pyridine rings is 1. The summed E-state index contributed by atoms with van der Waals surface area (Å²) in [4.78, 5) is 16.5. The third kappa shape index (κ3) is 4.55. The lowest BCUT2D eigenvalue weighted by atomic mass is 10.0. The summed E-state index contributed by atoms with van der Waals surface area (Å²) in [7, 11) is 0. The zero-order valence-electron chi connectivity index (χ0n) is 12.6. The van der Waals surface area contributed by atoms with Crippen LogP contribution in [0.25, 0.3) is 0 Å². The van der Waals surface area contributed by atoms with E-state index in [1.165, 1.54) is 6.08 Å². The van der Waals surface area contributed by atoms with Crippen LogP contribution in [0.5, 0.6) is 0 Å². The maximum atomic E-state index is 12.0. The van der Waals surface area contributed by atoms with Gasteiger partial charge in [0.25, 0.3) is 5.91 Å². The van der Waals surface area contributed by atoms with Crippen LogP contribution in [0.4, 0.5) is 5.69 Å². The minimum Gasteiger partial charge on any atom is -0.321 e. The normalized spacial score (nSPS) is 19.1. The number of halogens is 1. The monoisotopic (exact) mass is 317 g/mol. The molecule has 1 aromatic heterocycles. The lowest BCUT2D eigenvalue weighted by Gasteiger charge is -2.09. The summed E-state index contributed by atoms with van der Waals surface area (Å²) >= 11 is 5.81. The van der Waals surface area contributed by atoms with Gasteiger partial charge in [-0.3, -0.25) is 9.78 Å². The number of carbonyl (C=O) groups is 1. The van der Waals surface area contributed by atoms with E-state index in [1.54, 1.807) is 25.3 Å². The highest BCUT2D eigenvalue weighted by Gasteiger charge is 2.17. The molecule has 1 atom stereocenters. The van der Waals surface area contributed by atoms with Crippen molar-refractivity contribution < 1.29 is 4.79 Å². The van der Waals surface area contributed by atoms with Gasteiger partial charge in [0.15, 0.2) is 0 Å². The van der Waals surface area contributed by atoms with Gasteiger partial charge in [-0.2, -0.15) is 0 Å². The number of aromatic nitrogens is 1. The van der Waals surface area contributed by atoms with Gasteiger partial charge in [-0.25, -0.2) is 0 Å². The molecule has 2 N–H and O–H groups in total. The van der Waals surface area contributed by atoms with E-state index < -0.39 is 0 Å². The fraction of sp³-hybridized carbons (Fsp3) is 0.294. The molecule has 2 rings (SSSR count). The standard InChI is InChI=1S/C17H20ClN3O/c1-3-14(18)5-4-12(2)17(22)21-15-6-7-16(20-11-15)13-8-9-19-10-13/h3-7,11,13,19H,1,8-10H2,2H3,(H,21,22)/b12-4+,14-5+. The molecule has 1 aromatic rings. The molecule has 0 bridgehead atoms. The van der Waals surface area contributed by atoms with Gasteiger partial charge in [0.05, 0.1) is 11.9 Å². The molecular formula is C17H20ClN3O. The van der Waals surface area contributed by atoms with E-state index in [0.717, 1.165) is 25.2 Å². The Bertz CT molecular complexity index is 599. The largest absolute Gasteiger partial charge is 0.321 e. The summed E-state index contributed by atoms with van der Waals surface area (Å²) in [5, 5.41) is 6.63. The molecule has 22 heavy (non-hydrogen) atoms. The van der Waals surface area contributed by atoms with Crippen molar-refractivity contribution in [3.05, 3.63) is 59.4 Å². The lowest BCUT2D eigenvalue weighted by molar-refractivity contribution is -0.112. The number of anilines is 1. The number of hydrogen-bond acceptors (Lipinski definition) is 3. The highest BCUT2D eigenvalue weighted by Crippen LogP contribution is 2.21. The van der Waals surface area contributed by atoms with Crippen LogP contribution >= 0.6 is 11.6 Å². The van der Waals surface area contributed by atoms with Crippen molar-refractivity contribution in [3.8, 4) is 0 Å². The van der Waals surface area contributed by atoms with Crippen molar-refractivity contribution in [3.63, 3.8) is 0 Å². The van der Waals surface area contributed by atoms with E-state index in [4.69, 9.17) is 11.6 Å². The Kier molecular flexibility index (Phi) is 5.92. The van der Waals surface area contributed by atoms with E-state index in [2.05, 4.69) is 22.2 Å². The first-order chi connectivity index (χ1) is 10.6. The van der Waals surface area contributed by atoms with Crippen molar-refractivity contribution in [1.82, 2.24) is 10.3 Å². The smallest absolute Gasteiger partial charge is 0.251 e. The average molecular weight is 318 g/mol. The van der Waals surface area contributed by atoms with Crippen LogP contribution in [0.1, 0.15) is 25.0 Å². The summed E-state index contributed by atoms with van der Waals surface area (Å²) in [6, 6.07) is 3.86. The molecule has 5 heteroatoms. The summed E-state index contributed by atoms with van der Waals surface area (Å²) in [6.07, 6.45) is 7.62. The van der Waals surface area contributed by atoms with E-state index in [1.807, 2.05) is 12.1 Å². The van der Waals surface area contributed by atoms with Crippen molar-refractivity contribution >= 4 is 23.2 Å². The quantitative estimate of drug-likeness (QED) is 0.647. The predicted molar refractivity (Wildman–Crippen MR) is 91.0 cm³/mol. The summed E-state index contributed by atoms with van der Waals surface area (Å²) < 4.78 is 0. The molecule has 1 fully saturated rings. The second-order valence-electron chi connectivity index (χ2n) is 5.22. The molecule has 116 valence electrons. The molecule has 1 amide bonds. The molecule has 4 nitrogen and oxygen atoms in total. The van der Waals surface area contributed by atoms with Gasteiger partial charge in [-0.1, -0.05) is 30.3 Å². The van der Waals surface area contributed by atoms with Gasteiger partial charge in [0, 0.05) is 28.8 Å². The van der Waals surface area contributed by atoms with Gasteiger partial charge in [0.1, 0.15) is 0 Å². The second kappa shape index (κ2) is 7.92. The Morgan fingerprint density at radius 2 is 2.32 bits per heavy atom. The molecule has 2 heterocycles. The number of carbonyl (C=O) groups excluding carboxylic acids is 1. The van der Waals surface area contributed by atoms with Crippen LogP contribution in [0.2, 0.25) is 0 Å². The Morgan fingerprint density at radius 3 is 2.91 bits per heavy atom. The number of nitrogens with one attached hydrogen (secondary N) is 2. The highest BCUT2D eigenvalue weighted by atomic mass is 35.5. The van der Waals surface area contributed by atoms with Crippen LogP contribution in [-0.4, -0.2) is 24.0 Å². The van der Waals surface area contributed by atoms with Gasteiger partial charge >= 0.3 is 0 Å². The van der Waals surface area contributed by atoms with Gasteiger partial charge < -0.3 is 10.6 Å². The first-order valence-corrected chi connectivity index (χ1v) is 7.62. The summed E-state index contributed by atoms with van der Waals surface area (Å²) in [5.74, 6) is 0.291. The number of hydrogen-bond donors (Lipinski definition) is 2. The fourth-order valence-corrected chi connectivity index (χ4v) is 2.27. The van der Waals surface area contributed by atoms with Crippen LogP contribution in [0, 0.1) is 0 Å². The van der Waals surface area contributed by atoms with Crippen LogP contribution in [-0.2, 0) is 4.79 Å². The Labute approximate surface area is 136 Å². The van der Waals surface area contributed by atoms with Crippen molar-refractivity contribution in [2.24, 2.45) is 0 Å². The molecule has 1 aliphatic heterocycles. The Balaban J connectivity index is 1.98. The molecule has 0 spiro atoms. The van der Waals surface area contributed by atoms with Crippen molar-refractivity contribution in [2.75, 3.05) is 18.4 Å². The SMILES string of the molecule is C=C/C(Cl)=C\C=C(/C)C(=O)Nc1ccc(C2CCNC2)nc1. The molecule has 1 unspecified atom stereocenters. The minimum absolute atomic E-state index is 0.179. The predicted octanol–water partition coefficient (Wildman–Crippen LogP) is 3.35. The maximum absolute atomic E-state index is 12.0. The van der Waals surface area contributed by atoms with Crippen LogP contribution in [0.3, 0.4) is 0 Å². The Hall–Kier alpha value is -1.91. The first-order valence-electron chi connectivity index (χ1n) is 7.24. The van der Waals surface area contributed by atoms with Gasteiger partial charge in [-0.05, 0) is 38.1 Å². The third-order valence-corrected chi connectivity index (χ3v) is 3.85. The topological polar surface area (TPSA) is 54.0 Å². The minimum atomic E-state index is -0.179. The summed E-state index contributed by atoms with van der Waals surface area (Å²) in [5.41, 5.74) is 2.31. The van der Waals surface area contributed by atoms with Crippen molar-refractivity contribution in [1.29, 1.82) is 0 Å². The van der Waals surface area contributed by atoms with Gasteiger partial charge in [0.2, 0.25) is 0 Å². The molecule has 0 aromatic carbocycles. The van der Waals surface area contributed by atoms with Crippen LogP contribution < -0.4 is 10.6 Å². The Morgan fingerprint density at radius 1 is 1.50 bits per heavy atom. The number of nitrogens with zero attached hydrogens (tertiary/aromatic N) is 1. The number of allylic oxidation sites excluding steroid dienone is 4. The summed E-state index contributed by atoms with van der Waals surface area (Å²) in [6.45, 7) is 7.28. The zero-order valence-corrected chi connectivity index (χ0v) is 13.4. The maximum Gasteiger partial charge on any atom is 0.251 e. The third-order valence-electron chi connectivity index (χ3n) is 3.57. The lowest BCUT2D eigenvalue weighted by Crippen LogP contribution is -2.13. The fourth-order valence-electron chi connectivity index (χ4n) is 2.21. The zero-order chi connectivity index (χ0) is 15.9. The molecule has 1 saturated heterocycles. The van der Waals surface area contributed by atoms with Crippen molar-refractivity contribution in [2.45, 2.75) is 19.3 Å². The highest BCUT2D eigenvalue weighted by molar-refractivity contribution is 6.31. The van der Waals surface area contributed by atoms with E-state index in [-0.39, 0.29) is 5.91 Å². The van der Waals surface area contributed by atoms with Crippen LogP contribution in [0.15, 0.2) is 53.7 Å². The number of rotatable bonds is 5. The van der Waals surface area contributed by atoms with E-state index in [9.17, 15) is 4.79 Å². The van der Waals surface area contributed by atoms with E-state index in [0.29, 0.717) is 22.2 Å². The average Bonchev–Trinajstić information content (AvgIpc) is 3.07. The molecule has 0 saturated carbocycles. The molecule has 0 aliphatic carbocycles. The molecular weight excluding hydrogens is 298 g/mol. The number of amides is 1. The second-order valence-corrected chi connectivity index (χ2v) is 5.66. The molecule has 1 aliphatic rings. The van der Waals surface area contributed by atoms with E-state index >= 15 is 0 Å². The molecule has 0 radical (unpaired) electrons. The van der Waals surface area contributed by atoms with Gasteiger partial charge in [-0.15, -0.1) is 0 Å². The first kappa shape index (κ1) is 16.5.